The summed E-state index contributed by atoms with van der Waals surface area (Å²) in [5, 5.41) is -1.25. The molecule has 0 unspecified atom stereocenters. The van der Waals surface area contributed by atoms with E-state index in [1.165, 1.54) is 44.9 Å². The molecule has 0 aliphatic rings. The maximum atomic E-state index is 6.13. The Morgan fingerprint density at radius 2 is 1.30 bits per heavy atom. The van der Waals surface area contributed by atoms with Gasteiger partial charge in [-0.3, -0.25) is 0 Å². The summed E-state index contributed by atoms with van der Waals surface area (Å²) in [6.07, 6.45) is 11.4. The summed E-state index contributed by atoms with van der Waals surface area (Å²) in [6, 6.07) is 0. The SMILES string of the molecule is CCCCCCCCCCC#CC(Cl)(OCC)OCC. The average molecular weight is 303 g/mol. The normalized spacial score (nSPS) is 11.2. The van der Waals surface area contributed by atoms with Crippen molar-refractivity contribution in [3.63, 3.8) is 0 Å². The molecule has 0 aromatic carbocycles. The van der Waals surface area contributed by atoms with Crippen molar-refractivity contribution in [2.45, 2.75) is 83.8 Å². The number of ether oxygens (including phenoxy) is 2. The van der Waals surface area contributed by atoms with Gasteiger partial charge in [0, 0.05) is 19.6 Å². The Morgan fingerprint density at radius 3 is 1.80 bits per heavy atom. The first-order valence-corrected chi connectivity index (χ1v) is 8.53. The van der Waals surface area contributed by atoms with Gasteiger partial charge in [-0.2, -0.15) is 0 Å². The minimum absolute atomic E-state index is 0.496. The zero-order chi connectivity index (χ0) is 15.1. The number of alkyl halides is 1. The van der Waals surface area contributed by atoms with Gasteiger partial charge >= 0.3 is 5.25 Å². The van der Waals surface area contributed by atoms with Crippen molar-refractivity contribution in [1.29, 1.82) is 0 Å². The Balaban J connectivity index is 3.64. The molecule has 0 amide bonds. The van der Waals surface area contributed by atoms with Crippen molar-refractivity contribution in [2.24, 2.45) is 0 Å². The van der Waals surface area contributed by atoms with Gasteiger partial charge in [0.15, 0.2) is 0 Å². The fourth-order valence-corrected chi connectivity index (χ4v) is 2.29. The first kappa shape index (κ1) is 19.8. The van der Waals surface area contributed by atoms with Crippen molar-refractivity contribution in [1.82, 2.24) is 0 Å². The van der Waals surface area contributed by atoms with Gasteiger partial charge in [-0.05, 0) is 37.8 Å². The van der Waals surface area contributed by atoms with E-state index in [0.717, 1.165) is 12.8 Å². The Morgan fingerprint density at radius 1 is 0.800 bits per heavy atom. The van der Waals surface area contributed by atoms with E-state index >= 15 is 0 Å². The van der Waals surface area contributed by atoms with Gasteiger partial charge in [0.25, 0.3) is 0 Å². The van der Waals surface area contributed by atoms with Crippen LogP contribution in [0.1, 0.15) is 78.6 Å². The molecule has 0 heterocycles. The third-order valence-corrected chi connectivity index (χ3v) is 3.37. The lowest BCUT2D eigenvalue weighted by Crippen LogP contribution is -2.27. The summed E-state index contributed by atoms with van der Waals surface area (Å²) < 4.78 is 10.6. The van der Waals surface area contributed by atoms with Crippen molar-refractivity contribution in [3.05, 3.63) is 0 Å². The van der Waals surface area contributed by atoms with Gasteiger partial charge in [-0.25, -0.2) is 0 Å². The van der Waals surface area contributed by atoms with Crippen LogP contribution in [0, 0.1) is 11.8 Å². The third kappa shape index (κ3) is 11.6. The molecule has 0 aliphatic carbocycles. The fraction of sp³-hybridized carbons (Fsp3) is 0.882. The molecule has 0 saturated heterocycles. The highest BCUT2D eigenvalue weighted by Crippen LogP contribution is 2.18. The van der Waals surface area contributed by atoms with E-state index in [9.17, 15) is 0 Å². The highest BCUT2D eigenvalue weighted by atomic mass is 35.5. The highest BCUT2D eigenvalue weighted by molar-refractivity contribution is 6.23. The van der Waals surface area contributed by atoms with E-state index in [-0.39, 0.29) is 0 Å². The summed E-state index contributed by atoms with van der Waals surface area (Å²) in [5.41, 5.74) is 0. The quantitative estimate of drug-likeness (QED) is 0.205. The molecule has 0 radical (unpaired) electrons. The molecule has 0 saturated carbocycles. The second kappa shape index (κ2) is 13.7. The standard InChI is InChI=1S/C17H31ClO2/c1-4-7-8-9-10-11-12-13-14-15-16-17(18,19-5-2)20-6-3/h4-14H2,1-3H3. The second-order valence-corrected chi connectivity index (χ2v) is 5.43. The first-order chi connectivity index (χ1) is 9.68. The summed E-state index contributed by atoms with van der Waals surface area (Å²) in [5.74, 6) is 5.96. The summed E-state index contributed by atoms with van der Waals surface area (Å²) in [4.78, 5) is 0. The maximum Gasteiger partial charge on any atom is 0.316 e. The molecule has 0 aliphatic heterocycles. The minimum atomic E-state index is -1.25. The molecule has 2 nitrogen and oxygen atoms in total. The summed E-state index contributed by atoms with van der Waals surface area (Å²) in [7, 11) is 0. The van der Waals surface area contributed by atoms with Crippen molar-refractivity contribution in [3.8, 4) is 11.8 Å². The smallest absolute Gasteiger partial charge is 0.316 e. The molecular weight excluding hydrogens is 272 g/mol. The zero-order valence-electron chi connectivity index (χ0n) is 13.5. The first-order valence-electron chi connectivity index (χ1n) is 8.15. The molecule has 3 heteroatoms. The van der Waals surface area contributed by atoms with Crippen LogP contribution in [0.25, 0.3) is 0 Å². The van der Waals surface area contributed by atoms with Gasteiger partial charge in [0.05, 0.1) is 0 Å². The minimum Gasteiger partial charge on any atom is -0.327 e. The van der Waals surface area contributed by atoms with E-state index in [1.54, 1.807) is 0 Å². The van der Waals surface area contributed by atoms with Crippen LogP contribution < -0.4 is 0 Å². The number of hydrogen-bond acceptors (Lipinski definition) is 2. The van der Waals surface area contributed by atoms with Crippen LogP contribution in [-0.4, -0.2) is 18.5 Å². The van der Waals surface area contributed by atoms with Crippen molar-refractivity contribution >= 4 is 11.6 Å². The number of rotatable bonds is 12. The van der Waals surface area contributed by atoms with Gasteiger partial charge < -0.3 is 9.47 Å². The monoisotopic (exact) mass is 302 g/mol. The Kier molecular flexibility index (Phi) is 13.6. The van der Waals surface area contributed by atoms with Gasteiger partial charge in [0.1, 0.15) is 0 Å². The predicted molar refractivity (Wildman–Crippen MR) is 86.8 cm³/mol. The van der Waals surface area contributed by atoms with Crippen LogP contribution in [0.5, 0.6) is 0 Å². The van der Waals surface area contributed by atoms with Crippen LogP contribution in [-0.2, 0) is 9.47 Å². The van der Waals surface area contributed by atoms with E-state index in [0.29, 0.717) is 13.2 Å². The molecule has 0 fully saturated rings. The molecule has 0 spiro atoms. The Labute approximate surface area is 130 Å². The predicted octanol–water partition coefficient (Wildman–Crippen LogP) is 5.49. The lowest BCUT2D eigenvalue weighted by molar-refractivity contribution is -0.132. The molecule has 0 atom stereocenters. The molecule has 0 rings (SSSR count). The van der Waals surface area contributed by atoms with Crippen LogP contribution in [0.15, 0.2) is 0 Å². The Hall–Kier alpha value is -0.230. The lowest BCUT2D eigenvalue weighted by Gasteiger charge is -2.19. The second-order valence-electron chi connectivity index (χ2n) is 4.93. The fourth-order valence-electron chi connectivity index (χ4n) is 2.00. The lowest BCUT2D eigenvalue weighted by atomic mass is 10.1. The molecular formula is C17H31ClO2. The molecule has 0 bridgehead atoms. The number of halogens is 1. The zero-order valence-corrected chi connectivity index (χ0v) is 14.2. The highest BCUT2D eigenvalue weighted by Gasteiger charge is 2.24. The van der Waals surface area contributed by atoms with E-state index in [2.05, 4.69) is 18.8 Å². The molecule has 20 heavy (non-hydrogen) atoms. The summed E-state index contributed by atoms with van der Waals surface area (Å²) >= 11 is 6.13. The van der Waals surface area contributed by atoms with Gasteiger partial charge in [-0.15, -0.1) is 0 Å². The summed E-state index contributed by atoms with van der Waals surface area (Å²) in [6.45, 7) is 7.01. The number of hydrogen-bond donors (Lipinski definition) is 0. The van der Waals surface area contributed by atoms with E-state index < -0.39 is 5.25 Å². The van der Waals surface area contributed by atoms with Crippen molar-refractivity contribution < 1.29 is 9.47 Å². The van der Waals surface area contributed by atoms with Crippen LogP contribution in [0.3, 0.4) is 0 Å². The van der Waals surface area contributed by atoms with Crippen LogP contribution in [0.4, 0.5) is 0 Å². The van der Waals surface area contributed by atoms with Gasteiger partial charge in [0.2, 0.25) is 0 Å². The van der Waals surface area contributed by atoms with Crippen LogP contribution >= 0.6 is 11.6 Å². The topological polar surface area (TPSA) is 18.5 Å². The average Bonchev–Trinajstić information content (AvgIpc) is 2.41. The molecule has 0 N–H and O–H groups in total. The van der Waals surface area contributed by atoms with E-state index in [1.807, 2.05) is 13.8 Å². The Bertz CT molecular complexity index is 262. The van der Waals surface area contributed by atoms with Gasteiger partial charge in [-0.1, -0.05) is 57.8 Å². The largest absolute Gasteiger partial charge is 0.327 e. The van der Waals surface area contributed by atoms with Crippen LogP contribution in [0.2, 0.25) is 0 Å². The van der Waals surface area contributed by atoms with E-state index in [4.69, 9.17) is 21.1 Å². The number of unbranched alkanes of at least 4 members (excludes halogenated alkanes) is 8. The molecule has 0 aromatic rings. The maximum absolute atomic E-state index is 6.13. The van der Waals surface area contributed by atoms with Crippen molar-refractivity contribution in [2.75, 3.05) is 13.2 Å². The molecule has 118 valence electrons. The molecule has 0 aromatic heterocycles. The third-order valence-electron chi connectivity index (χ3n) is 3.05.